The average Bonchev–Trinajstić information content (AvgIpc) is 2.71. The smallest absolute Gasteiger partial charge is 0.164 e. The van der Waals surface area contributed by atoms with Gasteiger partial charge in [0, 0.05) is 22.8 Å². The van der Waals surface area contributed by atoms with Gasteiger partial charge in [0.2, 0.25) is 0 Å². The van der Waals surface area contributed by atoms with Gasteiger partial charge in [-0.2, -0.15) is 0 Å². The first-order valence-electron chi connectivity index (χ1n) is 5.18. The van der Waals surface area contributed by atoms with Crippen LogP contribution >= 0.6 is 11.3 Å². The van der Waals surface area contributed by atoms with Crippen molar-refractivity contribution < 1.29 is 0 Å². The first-order valence-corrected chi connectivity index (χ1v) is 6.00. The SMILES string of the molecule is Cc1cc2c(N)nc(-c3cccnc3)nc2s1. The molecule has 0 aliphatic carbocycles. The van der Waals surface area contributed by atoms with Crippen molar-refractivity contribution in [2.45, 2.75) is 6.92 Å². The third kappa shape index (κ3) is 1.74. The van der Waals surface area contributed by atoms with Crippen LogP contribution in [0.4, 0.5) is 5.82 Å². The van der Waals surface area contributed by atoms with Crippen molar-refractivity contribution in [2.24, 2.45) is 0 Å². The number of nitrogens with two attached hydrogens (primary N) is 1. The van der Waals surface area contributed by atoms with Crippen LogP contribution < -0.4 is 5.73 Å². The number of thiophene rings is 1. The molecule has 0 aliphatic heterocycles. The third-order valence-electron chi connectivity index (χ3n) is 2.47. The molecule has 0 bridgehead atoms. The molecular formula is C12H10N4S. The summed E-state index contributed by atoms with van der Waals surface area (Å²) in [7, 11) is 0. The van der Waals surface area contributed by atoms with Gasteiger partial charge in [-0.3, -0.25) is 4.98 Å². The van der Waals surface area contributed by atoms with Crippen molar-refractivity contribution in [3.05, 3.63) is 35.5 Å². The molecule has 5 heteroatoms. The van der Waals surface area contributed by atoms with Gasteiger partial charge in [0.1, 0.15) is 10.6 Å². The van der Waals surface area contributed by atoms with Crippen LogP contribution in [0.3, 0.4) is 0 Å². The fourth-order valence-corrected chi connectivity index (χ4v) is 2.58. The predicted molar refractivity (Wildman–Crippen MR) is 69.8 cm³/mol. The highest BCUT2D eigenvalue weighted by atomic mass is 32.1. The standard InChI is InChI=1S/C12H10N4S/c1-7-5-9-10(13)15-11(16-12(9)17-7)8-3-2-4-14-6-8/h2-6H,1H3,(H2,13,15,16). The van der Waals surface area contributed by atoms with Crippen molar-refractivity contribution in [2.75, 3.05) is 5.73 Å². The summed E-state index contributed by atoms with van der Waals surface area (Å²) in [4.78, 5) is 15.0. The summed E-state index contributed by atoms with van der Waals surface area (Å²) in [5, 5.41) is 0.931. The maximum Gasteiger partial charge on any atom is 0.164 e. The lowest BCUT2D eigenvalue weighted by Crippen LogP contribution is -1.96. The Bertz CT molecular complexity index is 676. The van der Waals surface area contributed by atoms with E-state index in [9.17, 15) is 0 Å². The maximum atomic E-state index is 5.94. The average molecular weight is 242 g/mol. The van der Waals surface area contributed by atoms with Gasteiger partial charge in [-0.25, -0.2) is 9.97 Å². The molecule has 17 heavy (non-hydrogen) atoms. The van der Waals surface area contributed by atoms with Crippen LogP contribution in [0, 0.1) is 6.92 Å². The number of aromatic nitrogens is 3. The van der Waals surface area contributed by atoms with E-state index in [1.165, 1.54) is 4.88 Å². The Morgan fingerprint density at radius 2 is 2.18 bits per heavy atom. The van der Waals surface area contributed by atoms with Crippen molar-refractivity contribution in [1.29, 1.82) is 0 Å². The molecular weight excluding hydrogens is 232 g/mol. The second kappa shape index (κ2) is 3.78. The maximum absolute atomic E-state index is 5.94. The zero-order chi connectivity index (χ0) is 11.8. The summed E-state index contributed by atoms with van der Waals surface area (Å²) in [5.41, 5.74) is 6.82. The number of hydrogen-bond donors (Lipinski definition) is 1. The van der Waals surface area contributed by atoms with Crippen LogP contribution in [0.15, 0.2) is 30.6 Å². The minimum Gasteiger partial charge on any atom is -0.383 e. The first kappa shape index (κ1) is 10.2. The van der Waals surface area contributed by atoms with E-state index in [0.717, 1.165) is 15.8 Å². The second-order valence-electron chi connectivity index (χ2n) is 3.75. The highest BCUT2D eigenvalue weighted by molar-refractivity contribution is 7.18. The molecule has 3 aromatic rings. The summed E-state index contributed by atoms with van der Waals surface area (Å²) >= 11 is 1.62. The highest BCUT2D eigenvalue weighted by Gasteiger charge is 2.09. The molecule has 0 aliphatic rings. The molecule has 3 heterocycles. The Kier molecular flexibility index (Phi) is 2.26. The Morgan fingerprint density at radius 1 is 1.29 bits per heavy atom. The molecule has 4 nitrogen and oxygen atoms in total. The van der Waals surface area contributed by atoms with Crippen molar-refractivity contribution in [3.63, 3.8) is 0 Å². The van der Waals surface area contributed by atoms with E-state index in [1.54, 1.807) is 23.7 Å². The van der Waals surface area contributed by atoms with Crippen LogP contribution in [0.2, 0.25) is 0 Å². The number of rotatable bonds is 1. The van der Waals surface area contributed by atoms with Crippen molar-refractivity contribution in [3.8, 4) is 11.4 Å². The summed E-state index contributed by atoms with van der Waals surface area (Å²) in [6.07, 6.45) is 3.46. The van der Waals surface area contributed by atoms with Crippen LogP contribution in [0.1, 0.15) is 4.88 Å². The molecule has 0 radical (unpaired) electrons. The summed E-state index contributed by atoms with van der Waals surface area (Å²) < 4.78 is 0. The normalized spacial score (nSPS) is 10.9. The molecule has 0 aromatic carbocycles. The van der Waals surface area contributed by atoms with E-state index >= 15 is 0 Å². The van der Waals surface area contributed by atoms with Gasteiger partial charge in [-0.1, -0.05) is 0 Å². The minimum absolute atomic E-state index is 0.526. The van der Waals surface area contributed by atoms with Crippen molar-refractivity contribution in [1.82, 2.24) is 15.0 Å². The lowest BCUT2D eigenvalue weighted by molar-refractivity contribution is 1.22. The van der Waals surface area contributed by atoms with Gasteiger partial charge in [0.15, 0.2) is 5.82 Å². The lowest BCUT2D eigenvalue weighted by Gasteiger charge is -2.01. The fourth-order valence-electron chi connectivity index (χ4n) is 1.69. The second-order valence-corrected chi connectivity index (χ2v) is 4.98. The molecule has 0 amide bonds. The van der Waals surface area contributed by atoms with Crippen LogP contribution in [-0.2, 0) is 0 Å². The monoisotopic (exact) mass is 242 g/mol. The number of nitrogens with zero attached hydrogens (tertiary/aromatic N) is 3. The summed E-state index contributed by atoms with van der Waals surface area (Å²) in [5.74, 6) is 1.16. The molecule has 0 atom stereocenters. The van der Waals surface area contributed by atoms with E-state index in [4.69, 9.17) is 5.73 Å². The molecule has 0 saturated heterocycles. The van der Waals surface area contributed by atoms with Gasteiger partial charge < -0.3 is 5.73 Å². The number of nitrogen functional groups attached to an aromatic ring is 1. The zero-order valence-corrected chi connectivity index (χ0v) is 10.0. The van der Waals surface area contributed by atoms with Gasteiger partial charge in [0.05, 0.1) is 5.39 Å². The Balaban J connectivity index is 2.25. The van der Waals surface area contributed by atoms with E-state index < -0.39 is 0 Å². The molecule has 0 saturated carbocycles. The van der Waals surface area contributed by atoms with E-state index in [1.807, 2.05) is 25.1 Å². The molecule has 2 N–H and O–H groups in total. The number of fused-ring (bicyclic) bond motifs is 1. The molecule has 3 aromatic heterocycles. The number of hydrogen-bond acceptors (Lipinski definition) is 5. The predicted octanol–water partition coefficient (Wildman–Crippen LogP) is 2.64. The Hall–Kier alpha value is -2.01. The molecule has 3 rings (SSSR count). The van der Waals surface area contributed by atoms with Crippen molar-refractivity contribution >= 4 is 27.4 Å². The van der Waals surface area contributed by atoms with Gasteiger partial charge >= 0.3 is 0 Å². The topological polar surface area (TPSA) is 64.7 Å². The largest absolute Gasteiger partial charge is 0.383 e. The molecule has 0 fully saturated rings. The van der Waals surface area contributed by atoms with Gasteiger partial charge in [-0.05, 0) is 25.1 Å². The van der Waals surface area contributed by atoms with Crippen LogP contribution in [-0.4, -0.2) is 15.0 Å². The van der Waals surface area contributed by atoms with Gasteiger partial charge in [0.25, 0.3) is 0 Å². The Labute approximate surface area is 102 Å². The molecule has 0 spiro atoms. The van der Waals surface area contributed by atoms with E-state index in [-0.39, 0.29) is 0 Å². The summed E-state index contributed by atoms with van der Waals surface area (Å²) in [6, 6.07) is 5.80. The number of aryl methyl sites for hydroxylation is 1. The van der Waals surface area contributed by atoms with Crippen LogP contribution in [0.5, 0.6) is 0 Å². The quantitative estimate of drug-likeness (QED) is 0.712. The highest BCUT2D eigenvalue weighted by Crippen LogP contribution is 2.29. The minimum atomic E-state index is 0.526. The zero-order valence-electron chi connectivity index (χ0n) is 9.21. The summed E-state index contributed by atoms with van der Waals surface area (Å²) in [6.45, 7) is 2.04. The lowest BCUT2D eigenvalue weighted by atomic mass is 10.2. The molecule has 84 valence electrons. The number of anilines is 1. The fraction of sp³-hybridized carbons (Fsp3) is 0.0833. The van der Waals surface area contributed by atoms with Gasteiger partial charge in [-0.15, -0.1) is 11.3 Å². The van der Waals surface area contributed by atoms with Crippen LogP contribution in [0.25, 0.3) is 21.6 Å². The Morgan fingerprint density at radius 3 is 2.94 bits per heavy atom. The first-order chi connectivity index (χ1) is 8.24. The van der Waals surface area contributed by atoms with E-state index in [2.05, 4.69) is 15.0 Å². The third-order valence-corrected chi connectivity index (χ3v) is 3.41. The van der Waals surface area contributed by atoms with E-state index in [0.29, 0.717) is 11.6 Å². The molecule has 0 unspecified atom stereocenters. The number of pyridine rings is 1.